The van der Waals surface area contributed by atoms with E-state index in [0.29, 0.717) is 17.6 Å². The molecule has 0 aromatic heterocycles. The number of carbonyl (C=O) groups is 1. The first-order valence-electron chi connectivity index (χ1n) is 8.69. The van der Waals surface area contributed by atoms with Crippen molar-refractivity contribution in [2.75, 3.05) is 6.61 Å². The number of phenols is 1. The van der Waals surface area contributed by atoms with Crippen LogP contribution in [0.2, 0.25) is 0 Å². The lowest BCUT2D eigenvalue weighted by atomic mass is 9.98. The second-order valence-electron chi connectivity index (χ2n) is 6.46. The van der Waals surface area contributed by atoms with Crippen molar-refractivity contribution in [3.8, 4) is 16.9 Å². The molecule has 0 fully saturated rings. The van der Waals surface area contributed by atoms with E-state index < -0.39 is 6.09 Å². The van der Waals surface area contributed by atoms with E-state index in [1.54, 1.807) is 18.2 Å². The van der Waals surface area contributed by atoms with Gasteiger partial charge in [0.05, 0.1) is 4.47 Å². The van der Waals surface area contributed by atoms with Gasteiger partial charge in [0.1, 0.15) is 12.4 Å². The minimum absolute atomic E-state index is 0.0472. The van der Waals surface area contributed by atoms with Crippen molar-refractivity contribution in [1.29, 1.82) is 0 Å². The normalized spacial score (nSPS) is 12.3. The van der Waals surface area contributed by atoms with Gasteiger partial charge in [-0.25, -0.2) is 4.79 Å². The summed E-state index contributed by atoms with van der Waals surface area (Å²) in [5.41, 5.74) is 5.66. The van der Waals surface area contributed by atoms with Crippen molar-refractivity contribution in [2.24, 2.45) is 0 Å². The molecule has 4 rings (SSSR count). The molecular formula is C22H18BrNO3. The van der Waals surface area contributed by atoms with E-state index in [1.165, 1.54) is 22.3 Å². The number of alkyl carbamates (subject to hydrolysis) is 1. The lowest BCUT2D eigenvalue weighted by molar-refractivity contribution is 0.142. The molecule has 5 heteroatoms. The number of fused-ring (bicyclic) bond motifs is 3. The second-order valence-corrected chi connectivity index (χ2v) is 7.32. The molecule has 0 spiro atoms. The van der Waals surface area contributed by atoms with Gasteiger partial charge in [-0.15, -0.1) is 0 Å². The number of hydrogen-bond donors (Lipinski definition) is 2. The van der Waals surface area contributed by atoms with Gasteiger partial charge in [-0.3, -0.25) is 0 Å². The van der Waals surface area contributed by atoms with Crippen LogP contribution in [-0.4, -0.2) is 17.8 Å². The van der Waals surface area contributed by atoms with Crippen molar-refractivity contribution in [1.82, 2.24) is 5.32 Å². The number of amides is 1. The molecule has 0 aliphatic heterocycles. The van der Waals surface area contributed by atoms with Gasteiger partial charge < -0.3 is 15.2 Å². The van der Waals surface area contributed by atoms with Crippen molar-refractivity contribution in [3.05, 3.63) is 87.9 Å². The summed E-state index contributed by atoms with van der Waals surface area (Å²) in [5.74, 6) is 0.214. The molecule has 0 saturated heterocycles. The van der Waals surface area contributed by atoms with Gasteiger partial charge in [0.25, 0.3) is 0 Å². The number of phenolic OH excluding ortho intramolecular Hbond substituents is 1. The lowest BCUT2D eigenvalue weighted by Gasteiger charge is -2.14. The van der Waals surface area contributed by atoms with Gasteiger partial charge in [-0.2, -0.15) is 0 Å². The average Bonchev–Trinajstić information content (AvgIpc) is 3.01. The highest BCUT2D eigenvalue weighted by Crippen LogP contribution is 2.44. The Hall–Kier alpha value is -2.79. The van der Waals surface area contributed by atoms with Crippen molar-refractivity contribution in [2.45, 2.75) is 12.5 Å². The van der Waals surface area contributed by atoms with Gasteiger partial charge in [0.2, 0.25) is 0 Å². The van der Waals surface area contributed by atoms with E-state index in [0.717, 1.165) is 5.56 Å². The zero-order chi connectivity index (χ0) is 18.8. The van der Waals surface area contributed by atoms with E-state index in [1.807, 2.05) is 24.3 Å². The smallest absolute Gasteiger partial charge is 0.407 e. The Morgan fingerprint density at radius 3 is 2.26 bits per heavy atom. The van der Waals surface area contributed by atoms with E-state index in [-0.39, 0.29) is 11.7 Å². The fourth-order valence-electron chi connectivity index (χ4n) is 3.48. The summed E-state index contributed by atoms with van der Waals surface area (Å²) in [6.07, 6.45) is -0.457. The number of ether oxygens (including phenoxy) is 1. The zero-order valence-electron chi connectivity index (χ0n) is 14.5. The number of aromatic hydroxyl groups is 1. The van der Waals surface area contributed by atoms with Crippen LogP contribution < -0.4 is 5.32 Å². The summed E-state index contributed by atoms with van der Waals surface area (Å²) >= 11 is 3.27. The summed E-state index contributed by atoms with van der Waals surface area (Å²) in [6, 6.07) is 21.6. The number of benzene rings is 3. The highest BCUT2D eigenvalue weighted by molar-refractivity contribution is 9.10. The number of nitrogens with one attached hydrogen (secondary N) is 1. The Bertz CT molecular complexity index is 957. The highest BCUT2D eigenvalue weighted by Gasteiger charge is 2.28. The molecule has 1 aliphatic carbocycles. The van der Waals surface area contributed by atoms with Gasteiger partial charge in [-0.05, 0) is 55.9 Å². The number of hydrogen-bond acceptors (Lipinski definition) is 3. The fourth-order valence-corrected chi connectivity index (χ4v) is 3.91. The maximum Gasteiger partial charge on any atom is 0.407 e. The summed E-state index contributed by atoms with van der Waals surface area (Å²) < 4.78 is 6.10. The molecular weight excluding hydrogens is 406 g/mol. The molecule has 136 valence electrons. The van der Waals surface area contributed by atoms with Crippen LogP contribution in [0.3, 0.4) is 0 Å². The minimum atomic E-state index is -0.457. The van der Waals surface area contributed by atoms with Gasteiger partial charge in [0.15, 0.2) is 0 Å². The van der Waals surface area contributed by atoms with E-state index >= 15 is 0 Å². The third-order valence-electron chi connectivity index (χ3n) is 4.79. The van der Waals surface area contributed by atoms with Crippen molar-refractivity contribution in [3.63, 3.8) is 0 Å². The van der Waals surface area contributed by atoms with Crippen LogP contribution in [0.4, 0.5) is 4.79 Å². The van der Waals surface area contributed by atoms with Crippen LogP contribution >= 0.6 is 15.9 Å². The quantitative estimate of drug-likeness (QED) is 0.606. The Kier molecular flexibility index (Phi) is 4.86. The number of halogens is 1. The largest absolute Gasteiger partial charge is 0.507 e. The van der Waals surface area contributed by atoms with Crippen LogP contribution in [0.25, 0.3) is 11.1 Å². The molecule has 3 aromatic carbocycles. The van der Waals surface area contributed by atoms with E-state index in [9.17, 15) is 9.90 Å². The first-order valence-corrected chi connectivity index (χ1v) is 9.49. The molecule has 4 nitrogen and oxygen atoms in total. The Balaban J connectivity index is 1.41. The van der Waals surface area contributed by atoms with Crippen LogP contribution in [-0.2, 0) is 11.3 Å². The summed E-state index contributed by atoms with van der Waals surface area (Å²) in [4.78, 5) is 12.2. The van der Waals surface area contributed by atoms with Gasteiger partial charge in [-0.1, -0.05) is 54.6 Å². The minimum Gasteiger partial charge on any atom is -0.507 e. The first kappa shape index (κ1) is 17.6. The van der Waals surface area contributed by atoms with Crippen LogP contribution in [0, 0.1) is 0 Å². The zero-order valence-corrected chi connectivity index (χ0v) is 16.1. The van der Waals surface area contributed by atoms with Crippen LogP contribution in [0.1, 0.15) is 22.6 Å². The monoisotopic (exact) mass is 423 g/mol. The molecule has 1 aliphatic rings. The van der Waals surface area contributed by atoms with E-state index in [4.69, 9.17) is 4.74 Å². The van der Waals surface area contributed by atoms with Gasteiger partial charge >= 0.3 is 6.09 Å². The van der Waals surface area contributed by atoms with Crippen molar-refractivity contribution < 1.29 is 14.6 Å². The van der Waals surface area contributed by atoms with Crippen LogP contribution in [0.15, 0.2) is 71.2 Å². The Labute approximate surface area is 165 Å². The SMILES string of the molecule is O=C(NCc1ccc(O)c(Br)c1)OCC1c2ccccc2-c2ccccc21. The molecule has 1 amide bonds. The predicted molar refractivity (Wildman–Crippen MR) is 108 cm³/mol. The third kappa shape index (κ3) is 3.55. The number of rotatable bonds is 4. The molecule has 0 unspecified atom stereocenters. The standard InChI is InChI=1S/C22H18BrNO3/c23-20-11-14(9-10-21(20)25)12-24-22(26)27-13-19-17-7-3-1-5-15(17)16-6-2-4-8-18(16)19/h1-11,19,25H,12-13H2,(H,24,26). The van der Waals surface area contributed by atoms with Gasteiger partial charge in [0, 0.05) is 12.5 Å². The molecule has 0 bridgehead atoms. The maximum atomic E-state index is 12.2. The Morgan fingerprint density at radius 1 is 1.00 bits per heavy atom. The predicted octanol–water partition coefficient (Wildman–Crippen LogP) is 5.19. The van der Waals surface area contributed by atoms with Crippen LogP contribution in [0.5, 0.6) is 5.75 Å². The topological polar surface area (TPSA) is 58.6 Å². The first-order chi connectivity index (χ1) is 13.1. The molecule has 0 radical (unpaired) electrons. The van der Waals surface area contributed by atoms with Crippen molar-refractivity contribution >= 4 is 22.0 Å². The highest BCUT2D eigenvalue weighted by atomic mass is 79.9. The molecule has 3 aromatic rings. The molecule has 0 atom stereocenters. The summed E-state index contributed by atoms with van der Waals surface area (Å²) in [5, 5.41) is 12.3. The fraction of sp³-hybridized carbons (Fsp3) is 0.136. The number of carbonyl (C=O) groups excluding carboxylic acids is 1. The Morgan fingerprint density at radius 2 is 1.63 bits per heavy atom. The van der Waals surface area contributed by atoms with E-state index in [2.05, 4.69) is 45.5 Å². The molecule has 0 heterocycles. The molecule has 0 saturated carbocycles. The summed E-state index contributed by atoms with van der Waals surface area (Å²) in [6.45, 7) is 0.620. The molecule has 27 heavy (non-hydrogen) atoms. The molecule has 2 N–H and O–H groups in total. The average molecular weight is 424 g/mol. The maximum absolute atomic E-state index is 12.2. The second kappa shape index (κ2) is 7.45. The third-order valence-corrected chi connectivity index (χ3v) is 5.43. The summed E-state index contributed by atoms with van der Waals surface area (Å²) in [7, 11) is 0. The lowest BCUT2D eigenvalue weighted by Crippen LogP contribution is -2.25.